The molecule has 0 aliphatic heterocycles. The molecular weight excluding hydrogens is 248 g/mol. The first-order chi connectivity index (χ1) is 9.79. The molecule has 1 N–H and O–H groups in total. The fourth-order valence-electron chi connectivity index (χ4n) is 1.70. The van der Waals surface area contributed by atoms with Crippen molar-refractivity contribution < 1.29 is 4.74 Å². The molecular formula is C17H18N2O. The fraction of sp³-hybridized carbons (Fsp3) is 0.118. The highest BCUT2D eigenvalue weighted by molar-refractivity contribution is 5.96. The molecule has 0 saturated carbocycles. The van der Waals surface area contributed by atoms with Gasteiger partial charge in [0.2, 0.25) is 0 Å². The second-order valence-corrected chi connectivity index (χ2v) is 4.31. The molecule has 0 aliphatic carbocycles. The zero-order valence-corrected chi connectivity index (χ0v) is 11.7. The second-order valence-electron chi connectivity index (χ2n) is 4.31. The minimum Gasteiger partial charge on any atom is -0.495 e. The predicted molar refractivity (Wildman–Crippen MR) is 85.2 cm³/mol. The van der Waals surface area contributed by atoms with Gasteiger partial charge in [-0.05, 0) is 30.7 Å². The van der Waals surface area contributed by atoms with Crippen LogP contribution in [0.2, 0.25) is 0 Å². The minimum absolute atomic E-state index is 0.774. The number of hydrogen-bond acceptors (Lipinski definition) is 3. The van der Waals surface area contributed by atoms with Crippen LogP contribution < -0.4 is 10.2 Å². The van der Waals surface area contributed by atoms with Crippen molar-refractivity contribution in [3.05, 3.63) is 66.2 Å². The zero-order chi connectivity index (χ0) is 14.2. The Bertz CT molecular complexity index is 603. The molecule has 3 heteroatoms. The van der Waals surface area contributed by atoms with Gasteiger partial charge in [0, 0.05) is 0 Å². The van der Waals surface area contributed by atoms with E-state index in [1.807, 2.05) is 61.5 Å². The smallest absolute Gasteiger partial charge is 0.143 e. The van der Waals surface area contributed by atoms with Crippen LogP contribution >= 0.6 is 0 Å². The Labute approximate surface area is 119 Å². The van der Waals surface area contributed by atoms with Crippen molar-refractivity contribution >= 4 is 17.5 Å². The Morgan fingerprint density at radius 3 is 2.50 bits per heavy atom. The van der Waals surface area contributed by atoms with Gasteiger partial charge in [-0.25, -0.2) is 0 Å². The summed E-state index contributed by atoms with van der Waals surface area (Å²) < 4.78 is 5.26. The van der Waals surface area contributed by atoms with Crippen LogP contribution in [0.4, 0.5) is 5.69 Å². The van der Waals surface area contributed by atoms with Gasteiger partial charge in [0.05, 0.1) is 18.5 Å². The van der Waals surface area contributed by atoms with Crippen molar-refractivity contribution in [3.63, 3.8) is 0 Å². The zero-order valence-electron chi connectivity index (χ0n) is 11.7. The Balaban J connectivity index is 2.02. The monoisotopic (exact) mass is 266 g/mol. The lowest BCUT2D eigenvalue weighted by atomic mass is 10.2. The summed E-state index contributed by atoms with van der Waals surface area (Å²) in [5.41, 5.74) is 5.90. The highest BCUT2D eigenvalue weighted by Gasteiger charge is 1.98. The number of rotatable bonds is 5. The van der Waals surface area contributed by atoms with E-state index in [9.17, 15) is 0 Å². The van der Waals surface area contributed by atoms with Gasteiger partial charge in [0.25, 0.3) is 0 Å². The molecule has 20 heavy (non-hydrogen) atoms. The summed E-state index contributed by atoms with van der Waals surface area (Å²) in [6.45, 7) is 1.95. The highest BCUT2D eigenvalue weighted by Crippen LogP contribution is 2.22. The standard InChI is InChI=1S/C17H18N2O/c1-14(12-13-15-8-4-3-5-9-15)18-19-16-10-6-7-11-17(16)20-2/h3-13,19H,1-2H3. The molecule has 0 atom stereocenters. The average Bonchev–Trinajstić information content (AvgIpc) is 2.52. The van der Waals surface area contributed by atoms with Gasteiger partial charge in [-0.1, -0.05) is 48.5 Å². The van der Waals surface area contributed by atoms with E-state index < -0.39 is 0 Å². The van der Waals surface area contributed by atoms with Crippen LogP contribution in [0.3, 0.4) is 0 Å². The summed E-state index contributed by atoms with van der Waals surface area (Å²) in [6.07, 6.45) is 4.00. The van der Waals surface area contributed by atoms with Crippen LogP contribution in [0.1, 0.15) is 12.5 Å². The summed E-state index contributed by atoms with van der Waals surface area (Å²) in [6, 6.07) is 17.8. The third-order valence-electron chi connectivity index (χ3n) is 2.78. The molecule has 0 fully saturated rings. The maximum atomic E-state index is 5.26. The lowest BCUT2D eigenvalue weighted by molar-refractivity contribution is 0.416. The Morgan fingerprint density at radius 1 is 1.05 bits per heavy atom. The lowest BCUT2D eigenvalue weighted by Crippen LogP contribution is -1.96. The van der Waals surface area contributed by atoms with Gasteiger partial charge in [-0.15, -0.1) is 0 Å². The topological polar surface area (TPSA) is 33.6 Å². The average molecular weight is 266 g/mol. The summed E-state index contributed by atoms with van der Waals surface area (Å²) >= 11 is 0. The number of hydrazone groups is 1. The number of hydrogen-bond donors (Lipinski definition) is 1. The Hall–Kier alpha value is -2.55. The van der Waals surface area contributed by atoms with Gasteiger partial charge in [-0.2, -0.15) is 5.10 Å². The number of methoxy groups -OCH3 is 1. The lowest BCUT2D eigenvalue weighted by Gasteiger charge is -2.06. The number of nitrogens with one attached hydrogen (secondary N) is 1. The quantitative estimate of drug-likeness (QED) is 0.650. The third kappa shape index (κ3) is 3.99. The maximum absolute atomic E-state index is 5.26. The van der Waals surface area contributed by atoms with Crippen molar-refractivity contribution in [2.24, 2.45) is 5.10 Å². The third-order valence-corrected chi connectivity index (χ3v) is 2.78. The Kier molecular flexibility index (Phi) is 4.95. The Morgan fingerprint density at radius 2 is 1.75 bits per heavy atom. The van der Waals surface area contributed by atoms with E-state index >= 15 is 0 Å². The van der Waals surface area contributed by atoms with Crippen LogP contribution in [0, 0.1) is 0 Å². The normalized spacial score (nSPS) is 11.6. The van der Waals surface area contributed by atoms with Crippen molar-refractivity contribution in [2.45, 2.75) is 6.92 Å². The predicted octanol–water partition coefficient (Wildman–Crippen LogP) is 4.20. The van der Waals surface area contributed by atoms with Crippen LogP contribution in [0.15, 0.2) is 65.8 Å². The van der Waals surface area contributed by atoms with Crippen molar-refractivity contribution in [3.8, 4) is 5.75 Å². The summed E-state index contributed by atoms with van der Waals surface area (Å²) in [5, 5.41) is 4.32. The molecule has 0 bridgehead atoms. The molecule has 3 nitrogen and oxygen atoms in total. The van der Waals surface area contributed by atoms with Crippen LogP contribution in [0.25, 0.3) is 6.08 Å². The first-order valence-corrected chi connectivity index (χ1v) is 6.46. The summed E-state index contributed by atoms with van der Waals surface area (Å²) in [7, 11) is 1.65. The van der Waals surface area contributed by atoms with Crippen LogP contribution in [-0.4, -0.2) is 12.8 Å². The summed E-state index contributed by atoms with van der Waals surface area (Å²) in [4.78, 5) is 0. The number of allylic oxidation sites excluding steroid dienone is 1. The number of anilines is 1. The molecule has 0 aliphatic rings. The van der Waals surface area contributed by atoms with Crippen molar-refractivity contribution in [1.82, 2.24) is 0 Å². The molecule has 0 unspecified atom stereocenters. The van der Waals surface area contributed by atoms with Crippen molar-refractivity contribution in [1.29, 1.82) is 0 Å². The molecule has 0 amide bonds. The van der Waals surface area contributed by atoms with E-state index in [0.717, 1.165) is 22.7 Å². The second kappa shape index (κ2) is 7.14. The molecule has 0 saturated heterocycles. The van der Waals surface area contributed by atoms with E-state index in [1.54, 1.807) is 7.11 Å². The molecule has 2 aromatic carbocycles. The van der Waals surface area contributed by atoms with Crippen LogP contribution in [-0.2, 0) is 0 Å². The number of benzene rings is 2. The fourth-order valence-corrected chi connectivity index (χ4v) is 1.70. The van der Waals surface area contributed by atoms with Gasteiger partial charge in [0.15, 0.2) is 0 Å². The molecule has 2 rings (SSSR count). The minimum atomic E-state index is 0.774. The largest absolute Gasteiger partial charge is 0.495 e. The number of ether oxygens (including phenoxy) is 1. The van der Waals surface area contributed by atoms with Gasteiger partial charge in [-0.3, -0.25) is 5.43 Å². The molecule has 0 aromatic heterocycles. The van der Waals surface area contributed by atoms with Gasteiger partial charge in [0.1, 0.15) is 5.75 Å². The molecule has 0 heterocycles. The first-order valence-electron chi connectivity index (χ1n) is 6.46. The van der Waals surface area contributed by atoms with Crippen LogP contribution in [0.5, 0.6) is 5.75 Å². The van der Waals surface area contributed by atoms with Gasteiger partial charge < -0.3 is 4.74 Å². The van der Waals surface area contributed by atoms with E-state index in [0.29, 0.717) is 0 Å². The van der Waals surface area contributed by atoms with E-state index in [1.165, 1.54) is 0 Å². The summed E-state index contributed by atoms with van der Waals surface area (Å²) in [5.74, 6) is 0.774. The molecule has 0 radical (unpaired) electrons. The molecule has 102 valence electrons. The maximum Gasteiger partial charge on any atom is 0.143 e. The number of nitrogens with zero attached hydrogens (tertiary/aromatic N) is 1. The molecule has 2 aromatic rings. The highest BCUT2D eigenvalue weighted by atomic mass is 16.5. The van der Waals surface area contributed by atoms with E-state index in [4.69, 9.17) is 4.74 Å². The van der Waals surface area contributed by atoms with Gasteiger partial charge >= 0.3 is 0 Å². The van der Waals surface area contributed by atoms with Crippen molar-refractivity contribution in [2.75, 3.05) is 12.5 Å². The van der Waals surface area contributed by atoms with E-state index in [2.05, 4.69) is 22.7 Å². The SMILES string of the molecule is COc1ccccc1NN=C(C)C=Cc1ccccc1. The molecule has 0 spiro atoms. The first kappa shape index (κ1) is 13.9. The van der Waals surface area contributed by atoms with E-state index in [-0.39, 0.29) is 0 Å². The number of para-hydroxylation sites is 2.